The third-order valence-electron chi connectivity index (χ3n) is 2.39. The normalized spacial score (nSPS) is 13.2. The van der Waals surface area contributed by atoms with E-state index in [1.807, 2.05) is 0 Å². The molecule has 1 aromatic heterocycles. The van der Waals surface area contributed by atoms with Crippen molar-refractivity contribution in [1.82, 2.24) is 9.88 Å². The maximum Gasteiger partial charge on any atom is 0.272 e. The van der Waals surface area contributed by atoms with Crippen molar-refractivity contribution in [2.24, 2.45) is 10.9 Å². The highest BCUT2D eigenvalue weighted by atomic mass is 35.5. The molecule has 6 nitrogen and oxygen atoms in total. The molecule has 0 saturated carbocycles. The predicted molar refractivity (Wildman–Crippen MR) is 64.2 cm³/mol. The van der Waals surface area contributed by atoms with Crippen molar-refractivity contribution in [1.29, 1.82) is 0 Å². The zero-order valence-corrected chi connectivity index (χ0v) is 10.2. The highest BCUT2D eigenvalue weighted by molar-refractivity contribution is 6.30. The van der Waals surface area contributed by atoms with Gasteiger partial charge in [0.2, 0.25) is 0 Å². The summed E-state index contributed by atoms with van der Waals surface area (Å²) in [6.07, 6.45) is 1.39. The Hall–Kier alpha value is -1.82. The Labute approximate surface area is 104 Å². The number of halogens is 1. The number of carbonyl (C=O) groups excluding carboxylic acids is 1. The first kappa shape index (κ1) is 13.2. The van der Waals surface area contributed by atoms with Crippen LogP contribution in [0.5, 0.6) is 0 Å². The summed E-state index contributed by atoms with van der Waals surface area (Å²) in [4.78, 5) is 17.2. The number of hydrogen-bond donors (Lipinski definition) is 2. The monoisotopic (exact) mass is 256 g/mol. The van der Waals surface area contributed by atoms with E-state index >= 15 is 0 Å². The fourth-order valence-corrected chi connectivity index (χ4v) is 1.25. The topological polar surface area (TPSA) is 91.8 Å². The van der Waals surface area contributed by atoms with E-state index in [-0.39, 0.29) is 17.4 Å². The average molecular weight is 257 g/mol. The lowest BCUT2D eigenvalue weighted by Gasteiger charge is -2.23. The summed E-state index contributed by atoms with van der Waals surface area (Å²) in [5, 5.41) is 11.8. The molecule has 1 unspecified atom stereocenters. The van der Waals surface area contributed by atoms with E-state index in [4.69, 9.17) is 22.5 Å². The van der Waals surface area contributed by atoms with Gasteiger partial charge >= 0.3 is 0 Å². The molecule has 1 aromatic rings. The van der Waals surface area contributed by atoms with Crippen molar-refractivity contribution in [3.05, 3.63) is 29.0 Å². The molecular formula is C10H13ClN4O2. The van der Waals surface area contributed by atoms with Crippen LogP contribution in [0.2, 0.25) is 5.02 Å². The van der Waals surface area contributed by atoms with E-state index in [2.05, 4.69) is 10.1 Å². The van der Waals surface area contributed by atoms with Gasteiger partial charge in [-0.1, -0.05) is 16.8 Å². The van der Waals surface area contributed by atoms with Gasteiger partial charge in [-0.15, -0.1) is 0 Å². The minimum absolute atomic E-state index is 0.0465. The standard InChI is InChI=1S/C10H13ClN4O2/c1-6(9(12)14-17)15(2)10(16)8-4-3-7(11)5-13-8/h3-6,17H,1-2H3,(H2,12,14). The maximum absolute atomic E-state index is 11.9. The summed E-state index contributed by atoms with van der Waals surface area (Å²) in [7, 11) is 1.54. The SMILES string of the molecule is CC(C(N)=NO)N(C)C(=O)c1ccc(Cl)cn1. The molecule has 0 aliphatic carbocycles. The number of carbonyl (C=O) groups is 1. The first-order chi connectivity index (χ1) is 7.97. The van der Waals surface area contributed by atoms with Gasteiger partial charge in [0, 0.05) is 13.2 Å². The first-order valence-electron chi connectivity index (χ1n) is 4.83. The molecule has 0 aromatic carbocycles. The number of pyridine rings is 1. The lowest BCUT2D eigenvalue weighted by Crippen LogP contribution is -2.44. The van der Waals surface area contributed by atoms with Gasteiger partial charge in [-0.2, -0.15) is 0 Å². The van der Waals surface area contributed by atoms with Gasteiger partial charge in [-0.3, -0.25) is 4.79 Å². The van der Waals surface area contributed by atoms with E-state index in [9.17, 15) is 4.79 Å². The summed E-state index contributed by atoms with van der Waals surface area (Å²) in [6.45, 7) is 1.64. The van der Waals surface area contributed by atoms with E-state index < -0.39 is 6.04 Å². The Balaban J connectivity index is 2.86. The predicted octanol–water partition coefficient (Wildman–Crippen LogP) is 0.942. The molecule has 3 N–H and O–H groups in total. The number of amidine groups is 1. The summed E-state index contributed by atoms with van der Waals surface area (Å²) < 4.78 is 0. The highest BCUT2D eigenvalue weighted by Gasteiger charge is 2.21. The van der Waals surface area contributed by atoms with Crippen LogP contribution in [0, 0.1) is 0 Å². The van der Waals surface area contributed by atoms with Crippen molar-refractivity contribution in [3.63, 3.8) is 0 Å². The summed E-state index contributed by atoms with van der Waals surface area (Å²) in [5.41, 5.74) is 5.67. The molecule has 0 aliphatic heterocycles. The van der Waals surface area contributed by atoms with E-state index in [1.165, 1.54) is 17.2 Å². The van der Waals surface area contributed by atoms with Crippen molar-refractivity contribution < 1.29 is 10.0 Å². The summed E-state index contributed by atoms with van der Waals surface area (Å²) in [5.74, 6) is -0.379. The second kappa shape index (κ2) is 5.49. The lowest BCUT2D eigenvalue weighted by molar-refractivity contribution is 0.0770. The van der Waals surface area contributed by atoms with Crippen molar-refractivity contribution in [2.75, 3.05) is 7.05 Å². The second-order valence-electron chi connectivity index (χ2n) is 3.48. The zero-order chi connectivity index (χ0) is 13.0. The molecule has 0 aliphatic rings. The number of likely N-dealkylation sites (N-methyl/N-ethyl adjacent to an activating group) is 1. The van der Waals surface area contributed by atoms with Crippen LogP contribution >= 0.6 is 11.6 Å². The third-order valence-corrected chi connectivity index (χ3v) is 2.61. The quantitative estimate of drug-likeness (QED) is 0.364. The molecule has 0 fully saturated rings. The molecule has 0 radical (unpaired) electrons. The summed E-state index contributed by atoms with van der Waals surface area (Å²) >= 11 is 5.67. The molecule has 1 heterocycles. The minimum Gasteiger partial charge on any atom is -0.409 e. The molecule has 17 heavy (non-hydrogen) atoms. The Morgan fingerprint density at radius 3 is 2.76 bits per heavy atom. The van der Waals surface area contributed by atoms with Crippen LogP contribution in [-0.4, -0.2) is 39.9 Å². The molecule has 1 amide bonds. The minimum atomic E-state index is -0.523. The third kappa shape index (κ3) is 3.07. The van der Waals surface area contributed by atoms with Gasteiger partial charge in [0.15, 0.2) is 5.84 Å². The summed E-state index contributed by atoms with van der Waals surface area (Å²) in [6, 6.07) is 2.56. The molecule has 7 heteroatoms. The van der Waals surface area contributed by atoms with Gasteiger partial charge < -0.3 is 15.8 Å². The van der Waals surface area contributed by atoms with Crippen LogP contribution in [-0.2, 0) is 0 Å². The molecule has 92 valence electrons. The Kier molecular flexibility index (Phi) is 4.28. The molecule has 0 bridgehead atoms. The zero-order valence-electron chi connectivity index (χ0n) is 9.46. The largest absolute Gasteiger partial charge is 0.409 e. The number of rotatable bonds is 3. The number of aromatic nitrogens is 1. The fourth-order valence-electron chi connectivity index (χ4n) is 1.14. The average Bonchev–Trinajstić information content (AvgIpc) is 2.36. The fraction of sp³-hybridized carbons (Fsp3) is 0.300. The van der Waals surface area contributed by atoms with Crippen LogP contribution < -0.4 is 5.73 Å². The van der Waals surface area contributed by atoms with Gasteiger partial charge in [-0.05, 0) is 19.1 Å². The Morgan fingerprint density at radius 2 is 2.29 bits per heavy atom. The van der Waals surface area contributed by atoms with E-state index in [0.29, 0.717) is 5.02 Å². The Morgan fingerprint density at radius 1 is 1.65 bits per heavy atom. The van der Waals surface area contributed by atoms with Crippen LogP contribution in [0.1, 0.15) is 17.4 Å². The van der Waals surface area contributed by atoms with Crippen molar-refractivity contribution in [2.45, 2.75) is 13.0 Å². The first-order valence-corrected chi connectivity index (χ1v) is 5.21. The van der Waals surface area contributed by atoms with Crippen molar-refractivity contribution >= 4 is 23.3 Å². The molecule has 1 rings (SSSR count). The van der Waals surface area contributed by atoms with E-state index in [1.54, 1.807) is 20.0 Å². The lowest BCUT2D eigenvalue weighted by atomic mass is 10.2. The molecule has 0 spiro atoms. The second-order valence-corrected chi connectivity index (χ2v) is 3.91. The van der Waals surface area contributed by atoms with E-state index in [0.717, 1.165) is 0 Å². The van der Waals surface area contributed by atoms with Crippen LogP contribution in [0.3, 0.4) is 0 Å². The van der Waals surface area contributed by atoms with Crippen LogP contribution in [0.4, 0.5) is 0 Å². The van der Waals surface area contributed by atoms with Gasteiger partial charge in [0.05, 0.1) is 11.1 Å². The van der Waals surface area contributed by atoms with Crippen LogP contribution in [0.25, 0.3) is 0 Å². The number of hydrogen-bond acceptors (Lipinski definition) is 4. The number of amides is 1. The maximum atomic E-state index is 11.9. The number of oxime groups is 1. The van der Waals surface area contributed by atoms with Gasteiger partial charge in [0.25, 0.3) is 5.91 Å². The van der Waals surface area contributed by atoms with Crippen LogP contribution in [0.15, 0.2) is 23.5 Å². The highest BCUT2D eigenvalue weighted by Crippen LogP contribution is 2.09. The number of nitrogens with two attached hydrogens (primary N) is 1. The van der Waals surface area contributed by atoms with Gasteiger partial charge in [-0.25, -0.2) is 4.98 Å². The molecular weight excluding hydrogens is 244 g/mol. The smallest absolute Gasteiger partial charge is 0.272 e. The molecule has 1 atom stereocenters. The van der Waals surface area contributed by atoms with Crippen molar-refractivity contribution in [3.8, 4) is 0 Å². The van der Waals surface area contributed by atoms with Gasteiger partial charge in [0.1, 0.15) is 5.69 Å². The number of nitrogens with zero attached hydrogens (tertiary/aromatic N) is 3. The molecule has 0 saturated heterocycles. The Bertz CT molecular complexity index is 432.